The fourth-order valence-electron chi connectivity index (χ4n) is 5.16. The van der Waals surface area contributed by atoms with Gasteiger partial charge in [0.15, 0.2) is 0 Å². The van der Waals surface area contributed by atoms with E-state index in [-0.39, 0.29) is 30.9 Å². The smallest absolute Gasteiger partial charge is 0.237 e. The van der Waals surface area contributed by atoms with Crippen LogP contribution in [0.3, 0.4) is 0 Å². The average Bonchev–Trinajstić information content (AvgIpc) is 2.93. The first-order valence-corrected chi connectivity index (χ1v) is 13.1. The van der Waals surface area contributed by atoms with E-state index in [0.29, 0.717) is 23.6 Å². The summed E-state index contributed by atoms with van der Waals surface area (Å²) >= 11 is 6.67. The minimum absolute atomic E-state index is 0.0179. The minimum Gasteiger partial charge on any atom is -0.337 e. The molecular weight excluding hydrogens is 483 g/mol. The molecule has 1 unspecified atom stereocenters. The number of carbonyl (C=O) groups excluding carboxylic acids is 1. The monoisotopic (exact) mass is 512 g/mol. The number of halogens is 2. The Morgan fingerprint density at radius 2 is 1.54 bits per heavy atom. The summed E-state index contributed by atoms with van der Waals surface area (Å²) in [6.45, 7) is 1.72. The lowest BCUT2D eigenvalue weighted by Crippen LogP contribution is -2.45. The van der Waals surface area contributed by atoms with E-state index in [1.807, 2.05) is 54.6 Å². The molecule has 4 aromatic carbocycles. The molecule has 3 nitrogen and oxygen atoms in total. The summed E-state index contributed by atoms with van der Waals surface area (Å²) in [7, 11) is 0. The number of nitrogens with zero attached hydrogens (tertiary/aromatic N) is 2. The van der Waals surface area contributed by atoms with Gasteiger partial charge in [0.25, 0.3) is 0 Å². The number of fused-ring (bicyclic) bond motifs is 1. The third-order valence-corrected chi connectivity index (χ3v) is 7.45. The van der Waals surface area contributed by atoms with Crippen molar-refractivity contribution in [3.63, 3.8) is 0 Å². The van der Waals surface area contributed by atoms with Crippen LogP contribution in [-0.4, -0.2) is 35.3 Å². The van der Waals surface area contributed by atoms with Gasteiger partial charge in [-0.3, -0.25) is 9.69 Å². The number of carbonyl (C=O) groups is 1. The van der Waals surface area contributed by atoms with Gasteiger partial charge in [0.05, 0.1) is 12.6 Å². The van der Waals surface area contributed by atoms with Crippen LogP contribution in [-0.2, 0) is 24.2 Å². The molecule has 1 atom stereocenters. The van der Waals surface area contributed by atoms with E-state index < -0.39 is 0 Å². The molecule has 1 heterocycles. The van der Waals surface area contributed by atoms with Crippen molar-refractivity contribution in [3.8, 4) is 0 Å². The molecule has 5 rings (SSSR count). The number of benzene rings is 4. The number of rotatable bonds is 8. The van der Waals surface area contributed by atoms with Crippen molar-refractivity contribution in [2.24, 2.45) is 0 Å². The molecule has 0 saturated carbocycles. The lowest BCUT2D eigenvalue weighted by atomic mass is 9.88. The molecule has 0 radical (unpaired) electrons. The molecule has 0 saturated heterocycles. The van der Waals surface area contributed by atoms with Crippen molar-refractivity contribution in [2.45, 2.75) is 25.4 Å². The minimum atomic E-state index is -0.291. The maximum atomic E-state index is 14.6. The van der Waals surface area contributed by atoms with Crippen LogP contribution in [0.25, 0.3) is 0 Å². The molecule has 0 N–H and O–H groups in total. The van der Waals surface area contributed by atoms with Crippen molar-refractivity contribution >= 4 is 17.5 Å². The fourth-order valence-corrected chi connectivity index (χ4v) is 5.40. The average molecular weight is 513 g/mol. The Balaban J connectivity index is 1.42. The van der Waals surface area contributed by atoms with E-state index in [9.17, 15) is 9.18 Å². The Morgan fingerprint density at radius 3 is 2.32 bits per heavy atom. The highest BCUT2D eigenvalue weighted by Crippen LogP contribution is 2.38. The summed E-state index contributed by atoms with van der Waals surface area (Å²) in [4.78, 5) is 17.8. The Kier molecular flexibility index (Phi) is 7.98. The molecule has 1 amide bonds. The van der Waals surface area contributed by atoms with Gasteiger partial charge in [-0.2, -0.15) is 0 Å². The van der Waals surface area contributed by atoms with Gasteiger partial charge in [-0.25, -0.2) is 4.39 Å². The zero-order chi connectivity index (χ0) is 25.6. The van der Waals surface area contributed by atoms with Crippen LogP contribution < -0.4 is 0 Å². The number of hydrogen-bond acceptors (Lipinski definition) is 2. The molecule has 0 fully saturated rings. The molecule has 1 aliphatic rings. The second-order valence-electron chi connectivity index (χ2n) is 9.49. The van der Waals surface area contributed by atoms with Crippen molar-refractivity contribution in [3.05, 3.63) is 142 Å². The van der Waals surface area contributed by atoms with Crippen molar-refractivity contribution < 1.29 is 9.18 Å². The molecule has 1 aliphatic heterocycles. The maximum absolute atomic E-state index is 14.6. The first-order valence-electron chi connectivity index (χ1n) is 12.7. The van der Waals surface area contributed by atoms with Crippen LogP contribution in [0.15, 0.2) is 103 Å². The molecule has 0 aromatic heterocycles. The van der Waals surface area contributed by atoms with E-state index in [0.717, 1.165) is 24.1 Å². The SMILES string of the molecule is O=C(CN1CCc2ccccc2C1c1ccccc1Cl)N(CCc1ccccc1)Cc1ccccc1F. The molecule has 0 bridgehead atoms. The molecule has 188 valence electrons. The standard InChI is InChI=1S/C32H30ClFN2O/c33-29-16-8-7-15-28(29)32-27-14-6-4-12-25(27)19-21-36(32)23-31(37)35(20-18-24-10-2-1-3-11-24)22-26-13-5-9-17-30(26)34/h1-17,32H,18-23H2. The van der Waals surface area contributed by atoms with Crippen molar-refractivity contribution in [2.75, 3.05) is 19.6 Å². The summed E-state index contributed by atoms with van der Waals surface area (Å²) in [5.41, 5.74) is 5.13. The summed E-state index contributed by atoms with van der Waals surface area (Å²) in [6, 6.07) is 32.9. The summed E-state index contributed by atoms with van der Waals surface area (Å²) in [5, 5.41) is 0.689. The van der Waals surface area contributed by atoms with E-state index >= 15 is 0 Å². The Hall–Kier alpha value is -3.47. The van der Waals surface area contributed by atoms with E-state index in [1.54, 1.807) is 17.0 Å². The Bertz CT molecular complexity index is 1360. The lowest BCUT2D eigenvalue weighted by Gasteiger charge is -2.38. The normalized spacial score (nSPS) is 15.2. The Morgan fingerprint density at radius 1 is 0.865 bits per heavy atom. The van der Waals surface area contributed by atoms with Gasteiger partial charge in [0.2, 0.25) is 5.91 Å². The van der Waals surface area contributed by atoms with Gasteiger partial charge in [-0.15, -0.1) is 0 Å². The number of hydrogen-bond donors (Lipinski definition) is 0. The molecular formula is C32H30ClFN2O. The molecule has 5 heteroatoms. The Labute approximate surface area is 223 Å². The van der Waals surface area contributed by atoms with Crippen LogP contribution in [0.2, 0.25) is 5.02 Å². The molecule has 4 aromatic rings. The van der Waals surface area contributed by atoms with Crippen molar-refractivity contribution in [1.29, 1.82) is 0 Å². The van der Waals surface area contributed by atoms with E-state index in [2.05, 4.69) is 35.2 Å². The van der Waals surface area contributed by atoms with Gasteiger partial charge in [0, 0.05) is 30.2 Å². The zero-order valence-electron chi connectivity index (χ0n) is 20.7. The highest BCUT2D eigenvalue weighted by atomic mass is 35.5. The quantitative estimate of drug-likeness (QED) is 0.262. The van der Waals surface area contributed by atoms with Crippen molar-refractivity contribution in [1.82, 2.24) is 9.80 Å². The van der Waals surface area contributed by atoms with Gasteiger partial charge in [0.1, 0.15) is 5.82 Å². The summed E-state index contributed by atoms with van der Waals surface area (Å²) in [5.74, 6) is -0.309. The zero-order valence-corrected chi connectivity index (χ0v) is 21.4. The second kappa shape index (κ2) is 11.7. The predicted molar refractivity (Wildman–Crippen MR) is 147 cm³/mol. The highest BCUT2D eigenvalue weighted by Gasteiger charge is 2.32. The topological polar surface area (TPSA) is 23.6 Å². The lowest BCUT2D eigenvalue weighted by molar-refractivity contribution is -0.133. The van der Waals surface area contributed by atoms with Gasteiger partial charge in [-0.1, -0.05) is 103 Å². The van der Waals surface area contributed by atoms with Crippen LogP contribution in [0, 0.1) is 5.82 Å². The molecule has 0 aliphatic carbocycles. The largest absolute Gasteiger partial charge is 0.337 e. The van der Waals surface area contributed by atoms with Gasteiger partial charge < -0.3 is 4.90 Å². The summed E-state index contributed by atoms with van der Waals surface area (Å²) < 4.78 is 14.6. The number of amides is 1. The van der Waals surface area contributed by atoms with Crippen LogP contribution in [0.4, 0.5) is 4.39 Å². The van der Waals surface area contributed by atoms with E-state index in [1.165, 1.54) is 17.2 Å². The first kappa shape index (κ1) is 25.2. The summed E-state index contributed by atoms with van der Waals surface area (Å²) in [6.07, 6.45) is 1.57. The van der Waals surface area contributed by atoms with Gasteiger partial charge in [-0.05, 0) is 47.2 Å². The third-order valence-electron chi connectivity index (χ3n) is 7.11. The fraction of sp³-hybridized carbons (Fsp3) is 0.219. The third kappa shape index (κ3) is 5.93. The molecule has 0 spiro atoms. The van der Waals surface area contributed by atoms with Gasteiger partial charge >= 0.3 is 0 Å². The van der Waals surface area contributed by atoms with Crippen LogP contribution in [0.1, 0.15) is 33.9 Å². The second-order valence-corrected chi connectivity index (χ2v) is 9.89. The van der Waals surface area contributed by atoms with Crippen LogP contribution in [0.5, 0.6) is 0 Å². The van der Waals surface area contributed by atoms with E-state index in [4.69, 9.17) is 11.6 Å². The first-order chi connectivity index (χ1) is 18.1. The molecule has 37 heavy (non-hydrogen) atoms. The maximum Gasteiger partial charge on any atom is 0.237 e. The highest BCUT2D eigenvalue weighted by molar-refractivity contribution is 6.31. The predicted octanol–water partition coefficient (Wildman–Crippen LogP) is 6.70. The van der Waals surface area contributed by atoms with Crippen LogP contribution >= 0.6 is 11.6 Å².